The molecule has 4 aromatic carbocycles. The maximum absolute atomic E-state index is 12.8. The van der Waals surface area contributed by atoms with E-state index in [0.717, 1.165) is 56.6 Å². The molecular formula is C32H26N4O2. The summed E-state index contributed by atoms with van der Waals surface area (Å²) in [6.07, 6.45) is 2.57. The second-order valence-electron chi connectivity index (χ2n) is 9.11. The van der Waals surface area contributed by atoms with Gasteiger partial charge in [-0.15, -0.1) is 0 Å². The molecule has 0 aliphatic rings. The summed E-state index contributed by atoms with van der Waals surface area (Å²) >= 11 is 0. The Labute approximate surface area is 220 Å². The Hall–Kier alpha value is -4.94. The highest BCUT2D eigenvalue weighted by atomic mass is 16.3. The summed E-state index contributed by atoms with van der Waals surface area (Å²) in [5.74, 6) is -0.161. The van der Waals surface area contributed by atoms with Crippen LogP contribution in [0.25, 0.3) is 33.2 Å². The number of para-hydroxylation sites is 2. The van der Waals surface area contributed by atoms with Gasteiger partial charge in [0.05, 0.1) is 5.69 Å². The molecule has 0 radical (unpaired) electrons. The summed E-state index contributed by atoms with van der Waals surface area (Å²) < 4.78 is 6.20. The van der Waals surface area contributed by atoms with Gasteiger partial charge in [-0.1, -0.05) is 48.5 Å². The molecule has 1 amide bonds. The molecule has 0 spiro atoms. The molecule has 6 rings (SSSR count). The van der Waals surface area contributed by atoms with E-state index in [1.807, 2.05) is 91.0 Å². The number of nitrogens with zero attached hydrogens (tertiary/aromatic N) is 1. The summed E-state index contributed by atoms with van der Waals surface area (Å²) in [6.45, 7) is 0.583. The molecule has 0 saturated heterocycles. The van der Waals surface area contributed by atoms with Crippen LogP contribution < -0.4 is 16.4 Å². The van der Waals surface area contributed by atoms with E-state index in [0.29, 0.717) is 17.8 Å². The number of furan rings is 1. The second kappa shape index (κ2) is 10.2. The van der Waals surface area contributed by atoms with Crippen molar-refractivity contribution in [1.29, 1.82) is 0 Å². The molecule has 0 atom stereocenters. The van der Waals surface area contributed by atoms with Crippen molar-refractivity contribution in [3.8, 4) is 11.3 Å². The molecule has 38 heavy (non-hydrogen) atoms. The summed E-state index contributed by atoms with van der Waals surface area (Å²) in [7, 11) is 0. The minimum Gasteiger partial charge on any atom is -0.455 e. The minimum absolute atomic E-state index is 0.161. The van der Waals surface area contributed by atoms with Crippen molar-refractivity contribution in [2.75, 3.05) is 17.2 Å². The van der Waals surface area contributed by atoms with Crippen molar-refractivity contribution in [3.05, 3.63) is 120 Å². The van der Waals surface area contributed by atoms with Crippen molar-refractivity contribution in [2.45, 2.75) is 6.42 Å². The smallest absolute Gasteiger partial charge is 0.255 e. The van der Waals surface area contributed by atoms with Gasteiger partial charge in [-0.3, -0.25) is 9.78 Å². The van der Waals surface area contributed by atoms with Gasteiger partial charge in [0.1, 0.15) is 11.2 Å². The van der Waals surface area contributed by atoms with Crippen molar-refractivity contribution in [1.82, 2.24) is 4.98 Å². The van der Waals surface area contributed by atoms with Crippen LogP contribution in [0, 0.1) is 0 Å². The Morgan fingerprint density at radius 3 is 2.42 bits per heavy atom. The first-order valence-electron chi connectivity index (χ1n) is 12.5. The van der Waals surface area contributed by atoms with E-state index in [-0.39, 0.29) is 5.91 Å². The van der Waals surface area contributed by atoms with Gasteiger partial charge in [-0.2, -0.15) is 0 Å². The first kappa shape index (κ1) is 23.5. The molecule has 0 bridgehead atoms. The Morgan fingerprint density at radius 1 is 0.789 bits per heavy atom. The molecule has 0 fully saturated rings. The number of amides is 1. The second-order valence-corrected chi connectivity index (χ2v) is 9.11. The highest BCUT2D eigenvalue weighted by molar-refractivity contribution is 6.09. The van der Waals surface area contributed by atoms with E-state index in [1.54, 1.807) is 6.20 Å². The highest BCUT2D eigenvalue weighted by Gasteiger charge is 2.13. The van der Waals surface area contributed by atoms with Crippen LogP contribution in [0.1, 0.15) is 15.9 Å². The third kappa shape index (κ3) is 4.73. The summed E-state index contributed by atoms with van der Waals surface area (Å²) in [5, 5.41) is 8.56. The summed E-state index contributed by atoms with van der Waals surface area (Å²) in [6, 6.07) is 33.2. The van der Waals surface area contributed by atoms with Crippen molar-refractivity contribution in [3.63, 3.8) is 0 Å². The topological polar surface area (TPSA) is 93.2 Å². The summed E-state index contributed by atoms with van der Waals surface area (Å²) in [4.78, 5) is 17.4. The quantitative estimate of drug-likeness (QED) is 0.217. The number of rotatable bonds is 7. The fourth-order valence-corrected chi connectivity index (χ4v) is 4.64. The zero-order valence-electron chi connectivity index (χ0n) is 20.6. The molecule has 2 aromatic heterocycles. The lowest BCUT2D eigenvalue weighted by molar-refractivity contribution is 0.102. The summed E-state index contributed by atoms with van der Waals surface area (Å²) in [5.41, 5.74) is 13.2. The van der Waals surface area contributed by atoms with Crippen LogP contribution in [-0.4, -0.2) is 17.4 Å². The van der Waals surface area contributed by atoms with Crippen LogP contribution in [0.5, 0.6) is 0 Å². The normalized spacial score (nSPS) is 11.1. The number of aromatic nitrogens is 1. The maximum Gasteiger partial charge on any atom is 0.255 e. The third-order valence-corrected chi connectivity index (χ3v) is 6.50. The van der Waals surface area contributed by atoms with E-state index in [4.69, 9.17) is 10.2 Å². The van der Waals surface area contributed by atoms with Crippen LogP contribution in [0.15, 0.2) is 114 Å². The Morgan fingerprint density at radius 2 is 1.55 bits per heavy atom. The number of nitrogens with one attached hydrogen (secondary N) is 2. The van der Waals surface area contributed by atoms with E-state index in [9.17, 15) is 4.79 Å². The van der Waals surface area contributed by atoms with E-state index in [1.165, 1.54) is 0 Å². The van der Waals surface area contributed by atoms with Crippen molar-refractivity contribution < 1.29 is 9.21 Å². The van der Waals surface area contributed by atoms with Crippen LogP contribution >= 0.6 is 0 Å². The molecule has 0 saturated carbocycles. The highest BCUT2D eigenvalue weighted by Crippen LogP contribution is 2.35. The fraction of sp³-hybridized carbons (Fsp3) is 0.0625. The molecule has 0 unspecified atom stereocenters. The number of hydrogen-bond donors (Lipinski definition) is 3. The lowest BCUT2D eigenvalue weighted by Gasteiger charge is -2.11. The molecule has 0 aliphatic heterocycles. The zero-order valence-corrected chi connectivity index (χ0v) is 20.6. The first-order valence-corrected chi connectivity index (χ1v) is 12.5. The molecule has 6 heteroatoms. The van der Waals surface area contributed by atoms with Gasteiger partial charge in [0.15, 0.2) is 0 Å². The lowest BCUT2D eigenvalue weighted by Crippen LogP contribution is -2.12. The fourth-order valence-electron chi connectivity index (χ4n) is 4.64. The Balaban J connectivity index is 1.22. The average Bonchev–Trinajstić information content (AvgIpc) is 3.33. The van der Waals surface area contributed by atoms with E-state index >= 15 is 0 Å². The standard InChI is InChI=1S/C32H26N4O2/c33-17-15-21-11-13-22(14-12-21)32(37)36-24-6-3-5-23(19-24)35-25-16-18-34-29(20-25)28-9-4-8-27-26-7-1-2-10-30(26)38-31(27)28/h1-14,16,18-20H,15,17,33H2,(H,34,35)(H,36,37). The number of benzene rings is 4. The maximum atomic E-state index is 12.8. The van der Waals surface area contributed by atoms with Gasteiger partial charge in [0.2, 0.25) is 0 Å². The molecule has 2 heterocycles. The SMILES string of the molecule is NCCc1ccc(C(=O)Nc2cccc(Nc3ccnc(-c4cccc5c4oc4ccccc45)c3)c2)cc1. The Bertz CT molecular complexity index is 1760. The van der Waals surface area contributed by atoms with Gasteiger partial charge >= 0.3 is 0 Å². The third-order valence-electron chi connectivity index (χ3n) is 6.50. The van der Waals surface area contributed by atoms with Gasteiger partial charge in [0, 0.05) is 45.2 Å². The molecule has 186 valence electrons. The number of nitrogens with two attached hydrogens (primary N) is 1. The number of carbonyl (C=O) groups is 1. The van der Waals surface area contributed by atoms with Crippen molar-refractivity contribution in [2.24, 2.45) is 5.73 Å². The first-order chi connectivity index (χ1) is 18.7. The van der Waals surface area contributed by atoms with Crippen LogP contribution in [0.4, 0.5) is 17.1 Å². The van der Waals surface area contributed by atoms with Gasteiger partial charge in [0.25, 0.3) is 5.91 Å². The molecule has 6 aromatic rings. The zero-order chi connectivity index (χ0) is 25.9. The number of fused-ring (bicyclic) bond motifs is 3. The van der Waals surface area contributed by atoms with Gasteiger partial charge in [-0.25, -0.2) is 0 Å². The predicted octanol–water partition coefficient (Wildman–Crippen LogP) is 7.15. The lowest BCUT2D eigenvalue weighted by atomic mass is 10.1. The monoisotopic (exact) mass is 498 g/mol. The number of pyridine rings is 1. The predicted molar refractivity (Wildman–Crippen MR) is 154 cm³/mol. The largest absolute Gasteiger partial charge is 0.455 e. The van der Waals surface area contributed by atoms with Crippen molar-refractivity contribution >= 4 is 44.9 Å². The van der Waals surface area contributed by atoms with Crippen LogP contribution in [-0.2, 0) is 6.42 Å². The number of anilines is 3. The number of hydrogen-bond acceptors (Lipinski definition) is 5. The number of carbonyl (C=O) groups excluding carboxylic acids is 1. The molecule has 6 nitrogen and oxygen atoms in total. The van der Waals surface area contributed by atoms with E-state index in [2.05, 4.69) is 27.8 Å². The molecular weight excluding hydrogens is 472 g/mol. The average molecular weight is 499 g/mol. The van der Waals surface area contributed by atoms with Crippen LogP contribution in [0.2, 0.25) is 0 Å². The minimum atomic E-state index is -0.161. The molecule has 4 N–H and O–H groups in total. The Kier molecular flexibility index (Phi) is 6.30. The van der Waals surface area contributed by atoms with E-state index < -0.39 is 0 Å². The van der Waals surface area contributed by atoms with Gasteiger partial charge < -0.3 is 20.8 Å². The van der Waals surface area contributed by atoms with Crippen LogP contribution in [0.3, 0.4) is 0 Å². The van der Waals surface area contributed by atoms with Gasteiger partial charge in [-0.05, 0) is 73.1 Å². The molecule has 0 aliphatic carbocycles.